The molecule has 3 heteroatoms. The summed E-state index contributed by atoms with van der Waals surface area (Å²) in [5.41, 5.74) is 20.6. The summed E-state index contributed by atoms with van der Waals surface area (Å²) < 4.78 is 9.25. The summed E-state index contributed by atoms with van der Waals surface area (Å²) in [6.07, 6.45) is 0. The normalized spacial score (nSPS) is 13.1. The van der Waals surface area contributed by atoms with Gasteiger partial charge in [-0.1, -0.05) is 182 Å². The predicted octanol–water partition coefficient (Wildman–Crippen LogP) is 16.2. The Hall–Kier alpha value is -8.40. The monoisotopic (exact) mass is 814 g/mol. The Morgan fingerprint density at radius 2 is 0.938 bits per heavy atom. The van der Waals surface area contributed by atoms with Gasteiger partial charge in [-0.05, 0) is 87.0 Å². The van der Waals surface area contributed by atoms with Gasteiger partial charge in [-0.2, -0.15) is 0 Å². The molecular weight excluding hydrogens is 777 g/mol. The van der Waals surface area contributed by atoms with Crippen molar-refractivity contribution in [1.82, 2.24) is 4.57 Å². The number of rotatable bonds is 5. The van der Waals surface area contributed by atoms with Gasteiger partial charge in [0.2, 0.25) is 0 Å². The molecule has 298 valence electrons. The molecule has 2 heterocycles. The summed E-state index contributed by atoms with van der Waals surface area (Å²) >= 11 is 0. The maximum absolute atomic E-state index is 6.78. The molecule has 10 aromatic carbocycles. The minimum atomic E-state index is -0.468. The summed E-state index contributed by atoms with van der Waals surface area (Å²) in [4.78, 5) is 2.52. The van der Waals surface area contributed by atoms with Gasteiger partial charge in [-0.3, -0.25) is 0 Å². The van der Waals surface area contributed by atoms with Crippen molar-refractivity contribution in [3.05, 3.63) is 253 Å². The van der Waals surface area contributed by atoms with E-state index in [0.29, 0.717) is 0 Å². The molecule has 0 bridgehead atoms. The highest BCUT2D eigenvalue weighted by Crippen LogP contribution is 2.65. The van der Waals surface area contributed by atoms with Crippen LogP contribution < -0.4 is 4.90 Å². The van der Waals surface area contributed by atoms with Gasteiger partial charge in [-0.15, -0.1) is 0 Å². The van der Waals surface area contributed by atoms with E-state index in [-0.39, 0.29) is 0 Å². The van der Waals surface area contributed by atoms with Gasteiger partial charge in [0.25, 0.3) is 0 Å². The standard InChI is InChI=1S/C61H38N2O/c1-4-20-39(21-5-1)56-58-46-30-18-36-52(60(46)63(41-24-8-3-9-25-41)53(58)38-55-59(56)45-29-13-17-37-54(45)64-55)62(40-22-6-2-7-23-40)51-35-19-34-50-57(51)44-28-12-16-33-49(44)61(50)47-31-14-10-26-42(47)43-27-11-15-32-48(43)61/h1-38H. The van der Waals surface area contributed by atoms with Crippen LogP contribution in [0.3, 0.4) is 0 Å². The molecule has 2 aliphatic rings. The van der Waals surface area contributed by atoms with E-state index in [1.165, 1.54) is 60.8 Å². The van der Waals surface area contributed by atoms with Crippen molar-refractivity contribution in [2.24, 2.45) is 0 Å². The second-order valence-electron chi connectivity index (χ2n) is 17.1. The first kappa shape index (κ1) is 35.2. The van der Waals surface area contributed by atoms with Gasteiger partial charge in [0.15, 0.2) is 0 Å². The average Bonchev–Trinajstić information content (AvgIpc) is 4.08. The molecule has 2 aromatic heterocycles. The van der Waals surface area contributed by atoms with Crippen LogP contribution in [0.5, 0.6) is 0 Å². The molecular formula is C61H38N2O. The van der Waals surface area contributed by atoms with Crippen molar-refractivity contribution in [2.75, 3.05) is 4.90 Å². The highest BCUT2D eigenvalue weighted by molar-refractivity contribution is 6.28. The second-order valence-corrected chi connectivity index (χ2v) is 17.1. The molecule has 2 aliphatic carbocycles. The topological polar surface area (TPSA) is 21.3 Å². The molecule has 0 amide bonds. The van der Waals surface area contributed by atoms with Crippen molar-refractivity contribution >= 4 is 60.8 Å². The van der Waals surface area contributed by atoms with Gasteiger partial charge in [0.05, 0.1) is 27.8 Å². The fourth-order valence-corrected chi connectivity index (χ4v) is 11.6. The van der Waals surface area contributed by atoms with Crippen LogP contribution in [0.1, 0.15) is 22.3 Å². The Balaban J connectivity index is 1.14. The molecule has 3 nitrogen and oxygen atoms in total. The minimum absolute atomic E-state index is 0.468. The Labute approximate surface area is 370 Å². The predicted molar refractivity (Wildman–Crippen MR) is 264 cm³/mol. The van der Waals surface area contributed by atoms with Crippen molar-refractivity contribution < 1.29 is 4.42 Å². The van der Waals surface area contributed by atoms with Gasteiger partial charge >= 0.3 is 0 Å². The smallest absolute Gasteiger partial charge is 0.138 e. The molecule has 0 atom stereocenters. The van der Waals surface area contributed by atoms with Crippen LogP contribution in [0.25, 0.3) is 82.8 Å². The summed E-state index contributed by atoms with van der Waals surface area (Å²) in [7, 11) is 0. The van der Waals surface area contributed by atoms with Gasteiger partial charge < -0.3 is 13.9 Å². The lowest BCUT2D eigenvalue weighted by molar-refractivity contribution is 0.669. The molecule has 64 heavy (non-hydrogen) atoms. The van der Waals surface area contributed by atoms with Crippen LogP contribution in [-0.2, 0) is 5.41 Å². The van der Waals surface area contributed by atoms with Gasteiger partial charge in [0, 0.05) is 50.1 Å². The number of hydrogen-bond donors (Lipinski definition) is 0. The van der Waals surface area contributed by atoms with Crippen LogP contribution in [-0.4, -0.2) is 4.57 Å². The quantitative estimate of drug-likeness (QED) is 0.173. The Morgan fingerprint density at radius 3 is 1.67 bits per heavy atom. The van der Waals surface area contributed by atoms with Gasteiger partial charge in [-0.25, -0.2) is 0 Å². The molecule has 0 saturated carbocycles. The van der Waals surface area contributed by atoms with Crippen LogP contribution in [0.2, 0.25) is 0 Å². The number of hydrogen-bond acceptors (Lipinski definition) is 2. The molecule has 0 N–H and O–H groups in total. The number of benzene rings is 10. The maximum atomic E-state index is 6.78. The fourth-order valence-electron chi connectivity index (χ4n) is 11.6. The first-order valence-electron chi connectivity index (χ1n) is 22.1. The zero-order valence-electron chi connectivity index (χ0n) is 34.7. The van der Waals surface area contributed by atoms with Crippen molar-refractivity contribution in [3.8, 4) is 39.1 Å². The summed E-state index contributed by atoms with van der Waals surface area (Å²) in [6, 6.07) is 84.4. The van der Waals surface area contributed by atoms with E-state index in [9.17, 15) is 0 Å². The highest BCUT2D eigenvalue weighted by atomic mass is 16.3. The van der Waals surface area contributed by atoms with Crippen molar-refractivity contribution in [3.63, 3.8) is 0 Å². The zero-order chi connectivity index (χ0) is 41.9. The Bertz CT molecular complexity index is 3800. The molecule has 0 radical (unpaired) electrons. The third-order valence-corrected chi connectivity index (χ3v) is 14.0. The lowest BCUT2D eigenvalue weighted by atomic mass is 9.70. The van der Waals surface area contributed by atoms with Crippen LogP contribution in [0.15, 0.2) is 235 Å². The van der Waals surface area contributed by atoms with Crippen LogP contribution in [0.4, 0.5) is 17.1 Å². The minimum Gasteiger partial charge on any atom is -0.456 e. The van der Waals surface area contributed by atoms with E-state index < -0.39 is 5.41 Å². The lowest BCUT2D eigenvalue weighted by Gasteiger charge is -2.32. The lowest BCUT2D eigenvalue weighted by Crippen LogP contribution is -2.26. The van der Waals surface area contributed by atoms with Crippen molar-refractivity contribution in [1.29, 1.82) is 0 Å². The first-order chi connectivity index (χ1) is 31.8. The molecule has 0 fully saturated rings. The highest BCUT2D eigenvalue weighted by Gasteiger charge is 2.52. The number of fused-ring (bicyclic) bond motifs is 16. The zero-order valence-corrected chi connectivity index (χ0v) is 34.7. The molecule has 1 spiro atoms. The third-order valence-electron chi connectivity index (χ3n) is 14.0. The molecule has 14 rings (SSSR count). The van der Waals surface area contributed by atoms with E-state index in [4.69, 9.17) is 4.42 Å². The number of furan rings is 1. The van der Waals surface area contributed by atoms with Crippen molar-refractivity contribution in [2.45, 2.75) is 5.41 Å². The first-order valence-corrected chi connectivity index (χ1v) is 22.1. The maximum Gasteiger partial charge on any atom is 0.138 e. The number of nitrogens with zero attached hydrogens (tertiary/aromatic N) is 2. The fraction of sp³-hybridized carbons (Fsp3) is 0.0164. The van der Waals surface area contributed by atoms with Gasteiger partial charge in [0.1, 0.15) is 11.2 Å². The average molecular weight is 815 g/mol. The van der Waals surface area contributed by atoms with Crippen LogP contribution >= 0.6 is 0 Å². The van der Waals surface area contributed by atoms with E-state index in [2.05, 4.69) is 240 Å². The Morgan fingerprint density at radius 1 is 0.391 bits per heavy atom. The summed E-state index contributed by atoms with van der Waals surface area (Å²) in [5.74, 6) is 0. The van der Waals surface area contributed by atoms with E-state index in [1.807, 2.05) is 0 Å². The number of anilines is 3. The Kier molecular flexibility index (Phi) is 7.32. The molecule has 0 saturated heterocycles. The summed E-state index contributed by atoms with van der Waals surface area (Å²) in [6.45, 7) is 0. The van der Waals surface area contributed by atoms with E-state index in [1.54, 1.807) is 0 Å². The molecule has 12 aromatic rings. The number of para-hydroxylation sites is 4. The summed E-state index contributed by atoms with van der Waals surface area (Å²) in [5, 5.41) is 4.61. The SMILES string of the molecule is c1ccc(-c2c3c(cc4c2c2cccc(N(c5ccccc5)c5cccc6c5-c5ccccc5C65c6ccccc6-c6ccccc65)c2n4-c2ccccc2)oc2ccccc23)cc1. The molecule has 0 aliphatic heterocycles. The molecule has 0 unspecified atom stereocenters. The van der Waals surface area contributed by atoms with Crippen LogP contribution in [0, 0.1) is 0 Å². The largest absolute Gasteiger partial charge is 0.456 e. The van der Waals surface area contributed by atoms with E-state index in [0.717, 1.165) is 61.3 Å². The van der Waals surface area contributed by atoms with E-state index >= 15 is 0 Å². The second kappa shape index (κ2) is 13.3. The number of aromatic nitrogens is 1. The third kappa shape index (κ3) is 4.60.